The Labute approximate surface area is 82.2 Å². The van der Waals surface area contributed by atoms with E-state index in [2.05, 4.69) is 17.4 Å². The van der Waals surface area contributed by atoms with E-state index < -0.39 is 0 Å². The maximum absolute atomic E-state index is 11.4. The van der Waals surface area contributed by atoms with Gasteiger partial charge in [-0.05, 0) is 31.2 Å². The van der Waals surface area contributed by atoms with Gasteiger partial charge in [-0.2, -0.15) is 0 Å². The second kappa shape index (κ2) is 4.32. The molecule has 3 N–H and O–H groups in total. The first kappa shape index (κ1) is 10.1. The van der Waals surface area contributed by atoms with E-state index in [0.717, 1.165) is 0 Å². The predicted molar refractivity (Wildman–Crippen MR) is 53.5 cm³/mol. The Kier molecular flexibility index (Phi) is 3.12. The van der Waals surface area contributed by atoms with Crippen molar-refractivity contribution in [2.75, 3.05) is 0 Å². The van der Waals surface area contributed by atoms with Gasteiger partial charge in [-0.15, -0.1) is 0 Å². The van der Waals surface area contributed by atoms with Gasteiger partial charge in [0.15, 0.2) is 0 Å². The van der Waals surface area contributed by atoms with E-state index in [-0.39, 0.29) is 11.7 Å². The molecular formula is C10H12N2O2. The molecule has 0 bridgehead atoms. The van der Waals surface area contributed by atoms with Crippen LogP contribution in [0.4, 0.5) is 0 Å². The van der Waals surface area contributed by atoms with Crippen LogP contribution in [0.3, 0.4) is 0 Å². The molecule has 0 saturated heterocycles. The number of hydrogen-bond donors (Lipinski definition) is 3. The number of aromatic hydroxyl groups is 1. The van der Waals surface area contributed by atoms with Gasteiger partial charge in [-0.1, -0.05) is 6.58 Å². The lowest BCUT2D eigenvalue weighted by Gasteiger charge is -2.07. The van der Waals surface area contributed by atoms with Gasteiger partial charge in [-0.25, -0.2) is 0 Å². The van der Waals surface area contributed by atoms with Crippen molar-refractivity contribution >= 4 is 5.91 Å². The zero-order valence-electron chi connectivity index (χ0n) is 7.87. The highest BCUT2D eigenvalue weighted by Gasteiger charge is 2.03. The van der Waals surface area contributed by atoms with Crippen molar-refractivity contribution in [2.45, 2.75) is 6.92 Å². The lowest BCUT2D eigenvalue weighted by molar-refractivity contribution is 0.0939. The summed E-state index contributed by atoms with van der Waals surface area (Å²) in [5.41, 5.74) is 6.17. The number of phenolic OH excluding ortho intramolecular Hbond substituents is 1. The normalized spacial score (nSPS) is 9.21. The van der Waals surface area contributed by atoms with Gasteiger partial charge >= 0.3 is 0 Å². The molecule has 0 aromatic heterocycles. The Morgan fingerprint density at radius 3 is 2.36 bits per heavy atom. The Hall–Kier alpha value is -1.97. The highest BCUT2D eigenvalue weighted by Crippen LogP contribution is 2.08. The molecular weight excluding hydrogens is 180 g/mol. The van der Waals surface area contributed by atoms with Crippen LogP contribution in [0, 0.1) is 0 Å². The number of hydrogen-bond acceptors (Lipinski definition) is 3. The molecule has 1 aromatic carbocycles. The topological polar surface area (TPSA) is 61.4 Å². The van der Waals surface area contributed by atoms with Crippen molar-refractivity contribution in [3.8, 4) is 5.75 Å². The molecule has 0 atom stereocenters. The molecule has 0 spiro atoms. The molecule has 0 saturated carbocycles. The first-order chi connectivity index (χ1) is 6.59. The molecule has 1 rings (SSSR count). The van der Waals surface area contributed by atoms with Crippen LogP contribution in [-0.2, 0) is 0 Å². The first-order valence-corrected chi connectivity index (χ1v) is 4.10. The van der Waals surface area contributed by atoms with E-state index in [9.17, 15) is 4.79 Å². The smallest absolute Gasteiger partial charge is 0.269 e. The van der Waals surface area contributed by atoms with Crippen LogP contribution in [0.5, 0.6) is 5.75 Å². The highest BCUT2D eigenvalue weighted by atomic mass is 16.3. The van der Waals surface area contributed by atoms with Crippen LogP contribution >= 0.6 is 0 Å². The third-order valence-electron chi connectivity index (χ3n) is 1.52. The lowest BCUT2D eigenvalue weighted by atomic mass is 10.2. The monoisotopic (exact) mass is 192 g/mol. The zero-order valence-corrected chi connectivity index (χ0v) is 7.87. The van der Waals surface area contributed by atoms with Crippen LogP contribution in [0.2, 0.25) is 0 Å². The van der Waals surface area contributed by atoms with Gasteiger partial charge in [0.1, 0.15) is 5.75 Å². The van der Waals surface area contributed by atoms with E-state index in [0.29, 0.717) is 11.3 Å². The van der Waals surface area contributed by atoms with E-state index in [1.807, 2.05) is 0 Å². The first-order valence-electron chi connectivity index (χ1n) is 4.10. The van der Waals surface area contributed by atoms with Gasteiger partial charge in [0.25, 0.3) is 5.91 Å². The molecule has 0 radical (unpaired) electrons. The van der Waals surface area contributed by atoms with Crippen molar-refractivity contribution in [1.29, 1.82) is 0 Å². The Balaban J connectivity index is 2.61. The maximum Gasteiger partial charge on any atom is 0.269 e. The number of benzene rings is 1. The third kappa shape index (κ3) is 2.82. The summed E-state index contributed by atoms with van der Waals surface area (Å²) in [7, 11) is 0. The van der Waals surface area contributed by atoms with Crippen LogP contribution in [0.1, 0.15) is 17.3 Å². The molecule has 0 unspecified atom stereocenters. The largest absolute Gasteiger partial charge is 0.508 e. The minimum Gasteiger partial charge on any atom is -0.508 e. The molecule has 74 valence electrons. The number of carbonyl (C=O) groups is 1. The second-order valence-electron chi connectivity index (χ2n) is 2.91. The highest BCUT2D eigenvalue weighted by molar-refractivity contribution is 5.93. The van der Waals surface area contributed by atoms with Crippen molar-refractivity contribution in [1.82, 2.24) is 10.9 Å². The van der Waals surface area contributed by atoms with E-state index in [1.54, 1.807) is 6.92 Å². The molecule has 1 amide bonds. The summed E-state index contributed by atoms with van der Waals surface area (Å²) in [5.74, 6) is -0.137. The van der Waals surface area contributed by atoms with Gasteiger partial charge in [-0.3, -0.25) is 10.2 Å². The molecule has 0 aliphatic heterocycles. The summed E-state index contributed by atoms with van der Waals surface area (Å²) in [6, 6.07) is 5.97. The molecule has 0 heterocycles. The number of carbonyl (C=O) groups excluding carboxylic acids is 1. The molecule has 4 heteroatoms. The van der Waals surface area contributed by atoms with Crippen LogP contribution < -0.4 is 10.9 Å². The average Bonchev–Trinajstić information content (AvgIpc) is 2.15. The maximum atomic E-state index is 11.4. The third-order valence-corrected chi connectivity index (χ3v) is 1.52. The minimum absolute atomic E-state index is 0.134. The molecule has 0 aliphatic carbocycles. The van der Waals surface area contributed by atoms with Crippen LogP contribution in [-0.4, -0.2) is 11.0 Å². The fourth-order valence-corrected chi connectivity index (χ4v) is 0.848. The molecule has 1 aromatic rings. The summed E-state index contributed by atoms with van der Waals surface area (Å²) in [4.78, 5) is 11.4. The fourth-order valence-electron chi connectivity index (χ4n) is 0.848. The molecule has 4 nitrogen and oxygen atoms in total. The average molecular weight is 192 g/mol. The van der Waals surface area contributed by atoms with E-state index in [1.165, 1.54) is 24.3 Å². The van der Waals surface area contributed by atoms with Crippen LogP contribution in [0.25, 0.3) is 0 Å². The summed E-state index contributed by atoms with van der Waals surface area (Å²) in [6.07, 6.45) is 0. The number of allylic oxidation sites excluding steroid dienone is 1. The zero-order chi connectivity index (χ0) is 10.6. The van der Waals surface area contributed by atoms with Gasteiger partial charge < -0.3 is 10.5 Å². The summed E-state index contributed by atoms with van der Waals surface area (Å²) >= 11 is 0. The summed E-state index contributed by atoms with van der Waals surface area (Å²) in [5, 5.41) is 9.00. The van der Waals surface area contributed by atoms with Crippen molar-refractivity contribution in [3.63, 3.8) is 0 Å². The number of phenols is 1. The number of rotatable bonds is 3. The van der Waals surface area contributed by atoms with Crippen molar-refractivity contribution < 1.29 is 9.90 Å². The quantitative estimate of drug-likeness (QED) is 0.630. The van der Waals surface area contributed by atoms with Gasteiger partial charge in [0.2, 0.25) is 0 Å². The predicted octanol–water partition coefficient (Wildman–Crippen LogP) is 1.16. The Morgan fingerprint density at radius 2 is 1.86 bits per heavy atom. The summed E-state index contributed by atoms with van der Waals surface area (Å²) < 4.78 is 0. The summed E-state index contributed by atoms with van der Waals surface area (Å²) in [6.45, 7) is 5.30. The van der Waals surface area contributed by atoms with Gasteiger partial charge in [0, 0.05) is 11.3 Å². The van der Waals surface area contributed by atoms with Crippen LogP contribution in [0.15, 0.2) is 36.5 Å². The fraction of sp³-hybridized carbons (Fsp3) is 0.100. The number of hydrazine groups is 1. The Bertz CT molecular complexity index is 344. The standard InChI is InChI=1S/C10H12N2O2/c1-7(2)11-12-10(14)8-3-5-9(13)6-4-8/h3-6,11,13H,1H2,2H3,(H,12,14). The van der Waals surface area contributed by atoms with Crippen molar-refractivity contribution in [3.05, 3.63) is 42.1 Å². The van der Waals surface area contributed by atoms with E-state index in [4.69, 9.17) is 5.11 Å². The number of nitrogens with one attached hydrogen (secondary N) is 2. The SMILES string of the molecule is C=C(C)NNC(=O)c1ccc(O)cc1. The Morgan fingerprint density at radius 1 is 1.29 bits per heavy atom. The van der Waals surface area contributed by atoms with Gasteiger partial charge in [0.05, 0.1) is 0 Å². The van der Waals surface area contributed by atoms with Crippen molar-refractivity contribution in [2.24, 2.45) is 0 Å². The molecule has 0 fully saturated rings. The molecule has 14 heavy (non-hydrogen) atoms. The number of amides is 1. The lowest BCUT2D eigenvalue weighted by Crippen LogP contribution is -2.35. The second-order valence-corrected chi connectivity index (χ2v) is 2.91. The molecule has 0 aliphatic rings. The van der Waals surface area contributed by atoms with E-state index >= 15 is 0 Å². The minimum atomic E-state index is -0.270.